The molecule has 0 aliphatic carbocycles. The molecule has 1 aromatic heterocycles. The van der Waals surface area contributed by atoms with Crippen LogP contribution in [0.4, 0.5) is 0 Å². The second-order valence-electron chi connectivity index (χ2n) is 4.23. The highest BCUT2D eigenvalue weighted by Gasteiger charge is 2.14. The van der Waals surface area contributed by atoms with Crippen molar-refractivity contribution in [2.45, 2.75) is 19.4 Å². The Bertz CT molecular complexity index is 335. The minimum absolute atomic E-state index is 0.896. The largest absolute Gasteiger partial charge is 0.311 e. The molecule has 15 heavy (non-hydrogen) atoms. The van der Waals surface area contributed by atoms with Crippen LogP contribution in [0.3, 0.4) is 0 Å². The van der Waals surface area contributed by atoms with Crippen LogP contribution in [0.25, 0.3) is 0 Å². The summed E-state index contributed by atoms with van der Waals surface area (Å²) < 4.78 is 0. The van der Waals surface area contributed by atoms with E-state index in [2.05, 4.69) is 34.3 Å². The maximum Gasteiger partial charge on any atom is 0.116 e. The monoisotopic (exact) mass is 206 g/mol. The summed E-state index contributed by atoms with van der Waals surface area (Å²) in [5.41, 5.74) is 3.79. The average Bonchev–Trinajstić information content (AvgIpc) is 2.26. The lowest BCUT2D eigenvalue weighted by Crippen LogP contribution is -2.27. The average molecular weight is 206 g/mol. The van der Waals surface area contributed by atoms with Crippen molar-refractivity contribution < 1.29 is 0 Å². The van der Waals surface area contributed by atoms with Crippen molar-refractivity contribution in [2.24, 2.45) is 0 Å². The van der Waals surface area contributed by atoms with Gasteiger partial charge in [-0.1, -0.05) is 0 Å². The fourth-order valence-corrected chi connectivity index (χ4v) is 1.90. The van der Waals surface area contributed by atoms with Gasteiger partial charge in [0.15, 0.2) is 0 Å². The number of hydrogen-bond donors (Lipinski definition) is 1. The van der Waals surface area contributed by atoms with Gasteiger partial charge in [-0.25, -0.2) is 9.97 Å². The summed E-state index contributed by atoms with van der Waals surface area (Å²) in [5.74, 6) is 0. The molecule has 0 saturated heterocycles. The molecule has 0 aromatic carbocycles. The number of likely N-dealkylation sites (N-methyl/N-ethyl adjacent to an activating group) is 1. The third-order valence-electron chi connectivity index (χ3n) is 2.76. The predicted octanol–water partition coefficient (Wildman–Crippen LogP) is 0.226. The maximum atomic E-state index is 4.40. The van der Waals surface area contributed by atoms with E-state index in [4.69, 9.17) is 0 Å². The van der Waals surface area contributed by atoms with Gasteiger partial charge in [-0.3, -0.25) is 0 Å². The van der Waals surface area contributed by atoms with Crippen LogP contribution in [0.5, 0.6) is 0 Å². The molecule has 0 radical (unpaired) electrons. The van der Waals surface area contributed by atoms with Crippen LogP contribution >= 0.6 is 0 Å². The molecule has 2 heterocycles. The molecular formula is C11H18N4. The van der Waals surface area contributed by atoms with Crippen LogP contribution in [-0.4, -0.2) is 42.1 Å². The number of nitrogens with one attached hydrogen (secondary N) is 1. The molecule has 0 amide bonds. The zero-order valence-corrected chi connectivity index (χ0v) is 9.45. The number of nitrogens with zero attached hydrogens (tertiary/aromatic N) is 3. The SMILES string of the molecule is CN(C)CCc1ncnc2c1CCNC2. The molecule has 1 N–H and O–H groups in total. The first-order valence-electron chi connectivity index (χ1n) is 5.44. The molecule has 0 atom stereocenters. The van der Waals surface area contributed by atoms with Crippen molar-refractivity contribution in [1.29, 1.82) is 0 Å². The number of rotatable bonds is 3. The maximum absolute atomic E-state index is 4.40. The van der Waals surface area contributed by atoms with E-state index < -0.39 is 0 Å². The smallest absolute Gasteiger partial charge is 0.116 e. The topological polar surface area (TPSA) is 41.1 Å². The summed E-state index contributed by atoms with van der Waals surface area (Å²) in [6.45, 7) is 3.00. The Morgan fingerprint density at radius 2 is 2.27 bits per heavy atom. The van der Waals surface area contributed by atoms with Gasteiger partial charge in [-0.05, 0) is 32.6 Å². The Hall–Kier alpha value is -1.00. The van der Waals surface area contributed by atoms with E-state index in [1.807, 2.05) is 0 Å². The fraction of sp³-hybridized carbons (Fsp3) is 0.636. The molecule has 1 aromatic rings. The van der Waals surface area contributed by atoms with E-state index in [9.17, 15) is 0 Å². The highest BCUT2D eigenvalue weighted by molar-refractivity contribution is 5.27. The van der Waals surface area contributed by atoms with Crippen molar-refractivity contribution in [2.75, 3.05) is 27.2 Å². The van der Waals surface area contributed by atoms with Gasteiger partial charge >= 0.3 is 0 Å². The lowest BCUT2D eigenvalue weighted by molar-refractivity contribution is 0.410. The van der Waals surface area contributed by atoms with Crippen molar-refractivity contribution in [3.05, 3.63) is 23.3 Å². The van der Waals surface area contributed by atoms with E-state index in [0.29, 0.717) is 0 Å². The summed E-state index contributed by atoms with van der Waals surface area (Å²) in [6.07, 6.45) is 3.79. The Morgan fingerprint density at radius 1 is 1.40 bits per heavy atom. The lowest BCUT2D eigenvalue weighted by Gasteiger charge is -2.19. The van der Waals surface area contributed by atoms with Crippen LogP contribution in [0, 0.1) is 0 Å². The van der Waals surface area contributed by atoms with Gasteiger partial charge in [-0.2, -0.15) is 0 Å². The summed E-state index contributed by atoms with van der Waals surface area (Å²) in [4.78, 5) is 10.9. The molecule has 0 unspecified atom stereocenters. The van der Waals surface area contributed by atoms with Gasteiger partial charge in [0.2, 0.25) is 0 Å². The van der Waals surface area contributed by atoms with Gasteiger partial charge in [0.05, 0.1) is 5.69 Å². The minimum atomic E-state index is 0.896. The van der Waals surface area contributed by atoms with Crippen molar-refractivity contribution in [1.82, 2.24) is 20.2 Å². The molecule has 4 nitrogen and oxygen atoms in total. The second-order valence-corrected chi connectivity index (χ2v) is 4.23. The van der Waals surface area contributed by atoms with E-state index in [1.54, 1.807) is 6.33 Å². The summed E-state index contributed by atoms with van der Waals surface area (Å²) >= 11 is 0. The van der Waals surface area contributed by atoms with Gasteiger partial charge in [-0.15, -0.1) is 0 Å². The number of aromatic nitrogens is 2. The molecule has 0 bridgehead atoms. The molecule has 82 valence electrons. The summed E-state index contributed by atoms with van der Waals surface area (Å²) in [6, 6.07) is 0. The van der Waals surface area contributed by atoms with E-state index in [-0.39, 0.29) is 0 Å². The molecule has 1 aliphatic rings. The molecular weight excluding hydrogens is 188 g/mol. The Balaban J connectivity index is 2.16. The van der Waals surface area contributed by atoms with Crippen LogP contribution in [0.2, 0.25) is 0 Å². The normalized spacial score (nSPS) is 15.4. The fourth-order valence-electron chi connectivity index (χ4n) is 1.90. The number of fused-ring (bicyclic) bond motifs is 1. The third kappa shape index (κ3) is 2.52. The molecule has 2 rings (SSSR count). The number of hydrogen-bond acceptors (Lipinski definition) is 4. The van der Waals surface area contributed by atoms with E-state index in [0.717, 1.165) is 32.5 Å². The van der Waals surface area contributed by atoms with Crippen LogP contribution in [0.1, 0.15) is 17.0 Å². The first-order valence-corrected chi connectivity index (χ1v) is 5.44. The van der Waals surface area contributed by atoms with Gasteiger partial charge in [0, 0.05) is 25.2 Å². The van der Waals surface area contributed by atoms with Crippen LogP contribution in [-0.2, 0) is 19.4 Å². The van der Waals surface area contributed by atoms with E-state index >= 15 is 0 Å². The predicted molar refractivity (Wildman–Crippen MR) is 59.7 cm³/mol. The van der Waals surface area contributed by atoms with Gasteiger partial charge < -0.3 is 10.2 Å². The zero-order chi connectivity index (χ0) is 10.7. The third-order valence-corrected chi connectivity index (χ3v) is 2.76. The lowest BCUT2D eigenvalue weighted by atomic mass is 10.0. The second kappa shape index (κ2) is 4.68. The molecule has 0 fully saturated rings. The first kappa shape index (κ1) is 10.5. The Labute approximate surface area is 90.7 Å². The van der Waals surface area contributed by atoms with Crippen molar-refractivity contribution in [3.63, 3.8) is 0 Å². The Morgan fingerprint density at radius 3 is 3.07 bits per heavy atom. The highest BCUT2D eigenvalue weighted by Crippen LogP contribution is 2.14. The van der Waals surface area contributed by atoms with Crippen molar-refractivity contribution in [3.8, 4) is 0 Å². The highest BCUT2D eigenvalue weighted by atomic mass is 15.0. The zero-order valence-electron chi connectivity index (χ0n) is 9.45. The first-order chi connectivity index (χ1) is 7.27. The van der Waals surface area contributed by atoms with Crippen LogP contribution in [0.15, 0.2) is 6.33 Å². The molecule has 4 heteroatoms. The van der Waals surface area contributed by atoms with Gasteiger partial charge in [0.1, 0.15) is 6.33 Å². The molecule has 0 spiro atoms. The molecule has 1 aliphatic heterocycles. The van der Waals surface area contributed by atoms with Gasteiger partial charge in [0.25, 0.3) is 0 Å². The summed E-state index contributed by atoms with van der Waals surface area (Å²) in [5, 5.41) is 3.33. The van der Waals surface area contributed by atoms with E-state index in [1.165, 1.54) is 17.0 Å². The standard InChI is InChI=1S/C11H18N4/c1-15(2)6-4-10-9-3-5-12-7-11(9)14-8-13-10/h8,12H,3-7H2,1-2H3. The summed E-state index contributed by atoms with van der Waals surface area (Å²) in [7, 11) is 4.18. The Kier molecular flexibility index (Phi) is 3.28. The van der Waals surface area contributed by atoms with Crippen LogP contribution < -0.4 is 5.32 Å². The quantitative estimate of drug-likeness (QED) is 0.768. The molecule has 0 saturated carbocycles. The minimum Gasteiger partial charge on any atom is -0.311 e. The van der Waals surface area contributed by atoms with Crippen molar-refractivity contribution >= 4 is 0 Å².